The van der Waals surface area contributed by atoms with Gasteiger partial charge in [-0.15, -0.1) is 0 Å². The van der Waals surface area contributed by atoms with Crippen molar-refractivity contribution in [2.24, 2.45) is 7.05 Å². The summed E-state index contributed by atoms with van der Waals surface area (Å²) in [4.78, 5) is 29.1. The lowest BCUT2D eigenvalue weighted by molar-refractivity contribution is 0.598. The third-order valence-corrected chi connectivity index (χ3v) is 4.53. The molecule has 9 nitrogen and oxygen atoms in total. The Labute approximate surface area is 149 Å². The fourth-order valence-electron chi connectivity index (χ4n) is 2.84. The minimum Gasteiger partial charge on any atom is -0.305 e. The zero-order chi connectivity index (χ0) is 19.2. The van der Waals surface area contributed by atoms with E-state index in [1.165, 1.54) is 0 Å². The molecule has 3 rings (SSSR count). The molecule has 10 heteroatoms. The molecule has 0 bridgehead atoms. The third-order valence-electron chi connectivity index (χ3n) is 4.02. The van der Waals surface area contributed by atoms with Crippen LogP contribution in [-0.2, 0) is 17.1 Å². The molecule has 0 aliphatic heterocycles. The summed E-state index contributed by atoms with van der Waals surface area (Å²) in [6.07, 6.45) is 2.64. The van der Waals surface area contributed by atoms with E-state index in [2.05, 4.69) is 10.1 Å². The first kappa shape index (κ1) is 17.9. The van der Waals surface area contributed by atoms with Crippen LogP contribution >= 0.6 is 0 Å². The van der Waals surface area contributed by atoms with E-state index < -0.39 is 21.3 Å². The molecule has 0 spiro atoms. The molecule has 1 aromatic carbocycles. The molecule has 0 saturated carbocycles. The first-order valence-corrected chi connectivity index (χ1v) is 9.77. The van der Waals surface area contributed by atoms with Crippen molar-refractivity contribution in [2.75, 3.05) is 11.1 Å². The lowest BCUT2D eigenvalue weighted by Gasteiger charge is -2.11. The van der Waals surface area contributed by atoms with E-state index in [4.69, 9.17) is 0 Å². The molecule has 0 saturated heterocycles. The van der Waals surface area contributed by atoms with Crippen molar-refractivity contribution in [1.82, 2.24) is 19.4 Å². The van der Waals surface area contributed by atoms with Crippen LogP contribution in [-0.4, -0.2) is 34.1 Å². The van der Waals surface area contributed by atoms with Crippen LogP contribution in [0.2, 0.25) is 0 Å². The number of aromatic nitrogens is 4. The number of fused-ring (bicyclic) bond motifs is 1. The van der Waals surface area contributed by atoms with Crippen LogP contribution in [0.15, 0.2) is 34.0 Å². The largest absolute Gasteiger partial charge is 0.348 e. The van der Waals surface area contributed by atoms with Crippen molar-refractivity contribution in [3.8, 4) is 11.3 Å². The zero-order valence-electron chi connectivity index (χ0n) is 14.8. The number of nitrogens with zero attached hydrogens (tertiary/aromatic N) is 3. The van der Waals surface area contributed by atoms with Crippen LogP contribution in [0.25, 0.3) is 22.2 Å². The number of hydrogen-bond acceptors (Lipinski definition) is 5. The van der Waals surface area contributed by atoms with Crippen molar-refractivity contribution in [3.63, 3.8) is 0 Å². The number of rotatable bonds is 4. The zero-order valence-corrected chi connectivity index (χ0v) is 15.6. The molecule has 0 unspecified atom stereocenters. The molecule has 0 aliphatic rings. The second-order valence-electron chi connectivity index (χ2n) is 6.42. The average Bonchev–Trinajstić information content (AvgIpc) is 2.92. The Kier molecular flexibility index (Phi) is 4.23. The fourth-order valence-corrected chi connectivity index (χ4v) is 3.34. The van der Waals surface area contributed by atoms with Gasteiger partial charge in [-0.25, -0.2) is 18.0 Å². The van der Waals surface area contributed by atoms with Gasteiger partial charge in [-0.1, -0.05) is 19.9 Å². The second-order valence-corrected chi connectivity index (χ2v) is 8.15. The first-order chi connectivity index (χ1) is 12.1. The number of benzene rings is 1. The van der Waals surface area contributed by atoms with Crippen LogP contribution in [0.4, 0.5) is 0 Å². The predicted octanol–water partition coefficient (Wildman–Crippen LogP) is 0.717. The Morgan fingerprint density at radius 2 is 1.92 bits per heavy atom. The maximum absolute atomic E-state index is 12.6. The molecule has 138 valence electrons. The molecular formula is C16H19N5O4S. The molecule has 2 aromatic heterocycles. The molecule has 2 heterocycles. The minimum atomic E-state index is -3.79. The number of H-pyrrole nitrogens is 1. The highest BCUT2D eigenvalue weighted by Gasteiger charge is 2.16. The normalized spacial score (nSPS) is 12.0. The third kappa shape index (κ3) is 3.15. The average molecular weight is 377 g/mol. The van der Waals surface area contributed by atoms with Gasteiger partial charge in [0, 0.05) is 18.2 Å². The van der Waals surface area contributed by atoms with Crippen molar-refractivity contribution < 1.29 is 8.42 Å². The van der Waals surface area contributed by atoms with Gasteiger partial charge in [0.1, 0.15) is 0 Å². The van der Waals surface area contributed by atoms with Crippen molar-refractivity contribution >= 4 is 20.9 Å². The highest BCUT2D eigenvalue weighted by molar-refractivity contribution is 7.91. The van der Waals surface area contributed by atoms with E-state index in [9.17, 15) is 18.0 Å². The van der Waals surface area contributed by atoms with Gasteiger partial charge >= 0.3 is 5.69 Å². The summed E-state index contributed by atoms with van der Waals surface area (Å²) < 4.78 is 25.0. The summed E-state index contributed by atoms with van der Waals surface area (Å²) in [6, 6.07) is 5.03. The van der Waals surface area contributed by atoms with Gasteiger partial charge in [-0.3, -0.25) is 9.48 Å². The summed E-state index contributed by atoms with van der Waals surface area (Å²) in [5, 5.41) is 4.47. The summed E-state index contributed by atoms with van der Waals surface area (Å²) in [6.45, 7) is 4.09. The molecule has 0 aliphatic carbocycles. The lowest BCUT2D eigenvalue weighted by atomic mass is 9.99. The van der Waals surface area contributed by atoms with Crippen LogP contribution in [0.5, 0.6) is 0 Å². The molecular weight excluding hydrogens is 358 g/mol. The van der Waals surface area contributed by atoms with E-state index in [1.807, 2.05) is 25.7 Å². The second kappa shape index (κ2) is 6.13. The molecule has 0 atom stereocenters. The monoisotopic (exact) mass is 377 g/mol. The SMILES string of the molecule is CC(C)c1cnn(C)c1-c1ccc2[nH]c(=O)n(NS(C)(=O)=O)c(=O)c2c1. The van der Waals surface area contributed by atoms with E-state index in [1.54, 1.807) is 29.1 Å². The maximum atomic E-state index is 12.6. The quantitative estimate of drug-likeness (QED) is 0.694. The van der Waals surface area contributed by atoms with Gasteiger partial charge in [-0.05, 0) is 18.1 Å². The lowest BCUT2D eigenvalue weighted by Crippen LogP contribution is -2.43. The van der Waals surface area contributed by atoms with E-state index >= 15 is 0 Å². The number of sulfonamides is 1. The molecule has 2 N–H and O–H groups in total. The van der Waals surface area contributed by atoms with Crippen LogP contribution in [0, 0.1) is 0 Å². The highest BCUT2D eigenvalue weighted by Crippen LogP contribution is 2.29. The van der Waals surface area contributed by atoms with Gasteiger partial charge in [0.15, 0.2) is 0 Å². The summed E-state index contributed by atoms with van der Waals surface area (Å²) in [7, 11) is -1.98. The minimum absolute atomic E-state index is 0.189. The Bertz CT molecular complexity index is 1220. The van der Waals surface area contributed by atoms with Gasteiger partial charge < -0.3 is 4.98 Å². The molecule has 0 fully saturated rings. The molecule has 0 amide bonds. The van der Waals surface area contributed by atoms with E-state index in [0.717, 1.165) is 23.1 Å². The van der Waals surface area contributed by atoms with Crippen molar-refractivity contribution in [3.05, 3.63) is 50.8 Å². The molecule has 3 aromatic rings. The number of aryl methyl sites for hydroxylation is 1. The number of aromatic amines is 1. The van der Waals surface area contributed by atoms with Crippen LogP contribution < -0.4 is 16.1 Å². The number of nitrogens with one attached hydrogen (secondary N) is 2. The van der Waals surface area contributed by atoms with E-state index in [0.29, 0.717) is 10.2 Å². The Hall–Kier alpha value is -2.88. The van der Waals surface area contributed by atoms with Crippen LogP contribution in [0.3, 0.4) is 0 Å². The van der Waals surface area contributed by atoms with Crippen molar-refractivity contribution in [2.45, 2.75) is 19.8 Å². The van der Waals surface area contributed by atoms with Crippen molar-refractivity contribution in [1.29, 1.82) is 0 Å². The topological polar surface area (TPSA) is 119 Å². The summed E-state index contributed by atoms with van der Waals surface area (Å²) in [5.41, 5.74) is 1.34. The Morgan fingerprint density at radius 3 is 2.54 bits per heavy atom. The highest BCUT2D eigenvalue weighted by atomic mass is 32.2. The summed E-state index contributed by atoms with van der Waals surface area (Å²) >= 11 is 0. The maximum Gasteiger partial charge on any atom is 0.348 e. The Morgan fingerprint density at radius 1 is 1.23 bits per heavy atom. The smallest absolute Gasteiger partial charge is 0.305 e. The van der Waals surface area contributed by atoms with Gasteiger partial charge in [-0.2, -0.15) is 9.77 Å². The predicted molar refractivity (Wildman–Crippen MR) is 99.3 cm³/mol. The van der Waals surface area contributed by atoms with Crippen LogP contribution in [0.1, 0.15) is 25.3 Å². The standard InChI is InChI=1S/C16H19N5O4S/c1-9(2)12-8-17-20(3)14(12)10-5-6-13-11(7-10)15(22)21(16(23)18-13)19-26(4,24)25/h5-9,19H,1-4H3,(H,18,23). The fraction of sp³-hybridized carbons (Fsp3) is 0.312. The molecule has 0 radical (unpaired) electrons. The Balaban J connectivity index is 2.29. The molecule has 26 heavy (non-hydrogen) atoms. The van der Waals surface area contributed by atoms with Gasteiger partial charge in [0.05, 0.1) is 29.0 Å². The summed E-state index contributed by atoms with van der Waals surface area (Å²) in [5.74, 6) is 0.230. The van der Waals surface area contributed by atoms with Gasteiger partial charge in [0.25, 0.3) is 5.56 Å². The van der Waals surface area contributed by atoms with Gasteiger partial charge in [0.2, 0.25) is 10.0 Å². The first-order valence-electron chi connectivity index (χ1n) is 7.87. The van der Waals surface area contributed by atoms with E-state index in [-0.39, 0.29) is 11.3 Å². The number of hydrogen-bond donors (Lipinski definition) is 2.